The average molecular weight is 187 g/mol. The van der Waals surface area contributed by atoms with Gasteiger partial charge in [-0.05, 0) is 37.5 Å². The van der Waals surface area contributed by atoms with Crippen molar-refractivity contribution in [1.29, 1.82) is 0 Å². The highest BCUT2D eigenvalue weighted by Gasteiger charge is 2.31. The van der Waals surface area contributed by atoms with Crippen LogP contribution in [0.5, 0.6) is 0 Å². The van der Waals surface area contributed by atoms with Crippen molar-refractivity contribution in [2.75, 3.05) is 0 Å². The van der Waals surface area contributed by atoms with Crippen LogP contribution in [0, 0.1) is 13.8 Å². The summed E-state index contributed by atoms with van der Waals surface area (Å²) < 4.78 is 36.8. The molecule has 0 spiro atoms. The molecule has 0 unspecified atom stereocenters. The molecule has 1 rings (SSSR count). The van der Waals surface area contributed by atoms with E-state index in [1.165, 1.54) is 19.1 Å². The Morgan fingerprint density at radius 2 is 1.92 bits per heavy atom. The van der Waals surface area contributed by atoms with Crippen molar-refractivity contribution in [3.05, 3.63) is 41.8 Å². The van der Waals surface area contributed by atoms with Crippen LogP contribution in [0.3, 0.4) is 0 Å². The number of benzene rings is 1. The topological polar surface area (TPSA) is 0 Å². The summed E-state index contributed by atoms with van der Waals surface area (Å²) in [6.45, 7) is 5.07. The maximum absolute atomic E-state index is 12.3. The SMILES string of the molecule is [CH2]Cc1ccc(C(F)(F)F)c(C)c1. The van der Waals surface area contributed by atoms with Gasteiger partial charge in [-0.15, -0.1) is 0 Å². The summed E-state index contributed by atoms with van der Waals surface area (Å²) in [7, 11) is 0. The molecular weight excluding hydrogens is 177 g/mol. The molecule has 13 heavy (non-hydrogen) atoms. The first kappa shape index (κ1) is 10.1. The van der Waals surface area contributed by atoms with Gasteiger partial charge in [0.2, 0.25) is 0 Å². The van der Waals surface area contributed by atoms with Crippen LogP contribution in [-0.4, -0.2) is 0 Å². The van der Waals surface area contributed by atoms with E-state index in [0.717, 1.165) is 11.6 Å². The zero-order chi connectivity index (χ0) is 10.1. The van der Waals surface area contributed by atoms with Crippen molar-refractivity contribution in [2.24, 2.45) is 0 Å². The second-order valence-electron chi connectivity index (χ2n) is 2.90. The van der Waals surface area contributed by atoms with Crippen LogP contribution in [0.25, 0.3) is 0 Å². The lowest BCUT2D eigenvalue weighted by Crippen LogP contribution is -2.07. The van der Waals surface area contributed by atoms with Crippen LogP contribution >= 0.6 is 0 Å². The molecular formula is C10H10F3. The monoisotopic (exact) mass is 187 g/mol. The average Bonchev–Trinajstić information content (AvgIpc) is 2.01. The van der Waals surface area contributed by atoms with E-state index in [9.17, 15) is 13.2 Å². The van der Waals surface area contributed by atoms with Crippen molar-refractivity contribution in [1.82, 2.24) is 0 Å². The third-order valence-corrected chi connectivity index (χ3v) is 1.88. The maximum atomic E-state index is 12.3. The van der Waals surface area contributed by atoms with Gasteiger partial charge >= 0.3 is 6.18 Å². The number of halogens is 3. The van der Waals surface area contributed by atoms with Crippen molar-refractivity contribution in [3.63, 3.8) is 0 Å². The largest absolute Gasteiger partial charge is 0.416 e. The fourth-order valence-corrected chi connectivity index (χ4v) is 1.20. The maximum Gasteiger partial charge on any atom is 0.416 e. The minimum absolute atomic E-state index is 0.258. The Morgan fingerprint density at radius 1 is 1.31 bits per heavy atom. The Kier molecular flexibility index (Phi) is 2.64. The molecule has 1 aromatic carbocycles. The Balaban J connectivity index is 3.13. The molecule has 0 N–H and O–H groups in total. The highest BCUT2D eigenvalue weighted by Crippen LogP contribution is 2.31. The highest BCUT2D eigenvalue weighted by molar-refractivity contribution is 5.33. The van der Waals surface area contributed by atoms with Gasteiger partial charge < -0.3 is 0 Å². The predicted octanol–water partition coefficient (Wildman–Crippen LogP) is 3.39. The van der Waals surface area contributed by atoms with Gasteiger partial charge in [-0.25, -0.2) is 0 Å². The molecule has 0 heterocycles. The van der Waals surface area contributed by atoms with Gasteiger partial charge in [0.15, 0.2) is 0 Å². The van der Waals surface area contributed by atoms with Gasteiger partial charge in [0, 0.05) is 0 Å². The van der Waals surface area contributed by atoms with Crippen molar-refractivity contribution in [3.8, 4) is 0 Å². The Bertz CT molecular complexity index is 300. The molecule has 0 aliphatic carbocycles. The van der Waals surface area contributed by atoms with Crippen LogP contribution in [0.2, 0.25) is 0 Å². The lowest BCUT2D eigenvalue weighted by Gasteiger charge is -2.10. The smallest absolute Gasteiger partial charge is 0.166 e. The highest BCUT2D eigenvalue weighted by atomic mass is 19.4. The number of rotatable bonds is 1. The van der Waals surface area contributed by atoms with Gasteiger partial charge in [0.25, 0.3) is 0 Å². The lowest BCUT2D eigenvalue weighted by atomic mass is 10.0. The molecule has 71 valence electrons. The second-order valence-corrected chi connectivity index (χ2v) is 2.90. The molecule has 0 aliphatic rings. The van der Waals surface area contributed by atoms with Crippen molar-refractivity contribution in [2.45, 2.75) is 19.5 Å². The fourth-order valence-electron chi connectivity index (χ4n) is 1.20. The minimum Gasteiger partial charge on any atom is -0.166 e. The van der Waals surface area contributed by atoms with E-state index < -0.39 is 11.7 Å². The molecule has 0 aromatic heterocycles. The lowest BCUT2D eigenvalue weighted by molar-refractivity contribution is -0.138. The summed E-state index contributed by atoms with van der Waals surface area (Å²) >= 11 is 0. The Hall–Kier alpha value is -0.990. The van der Waals surface area contributed by atoms with Gasteiger partial charge in [-0.2, -0.15) is 13.2 Å². The second kappa shape index (κ2) is 3.40. The van der Waals surface area contributed by atoms with Crippen LogP contribution in [-0.2, 0) is 12.6 Å². The predicted molar refractivity (Wildman–Crippen MR) is 45.2 cm³/mol. The van der Waals surface area contributed by atoms with E-state index in [4.69, 9.17) is 0 Å². The summed E-state index contributed by atoms with van der Waals surface area (Å²) in [5.41, 5.74) is 0.517. The van der Waals surface area contributed by atoms with E-state index >= 15 is 0 Å². The van der Waals surface area contributed by atoms with E-state index in [-0.39, 0.29) is 5.56 Å². The molecule has 0 nitrogen and oxygen atoms in total. The van der Waals surface area contributed by atoms with Crippen LogP contribution < -0.4 is 0 Å². The normalized spacial score (nSPS) is 11.8. The quantitative estimate of drug-likeness (QED) is 0.632. The standard InChI is InChI=1S/C10H10F3/c1-3-8-4-5-9(7(2)6-8)10(11,12)13/h4-6H,1,3H2,2H3. The molecule has 1 aromatic rings. The molecule has 0 saturated heterocycles. The van der Waals surface area contributed by atoms with Crippen LogP contribution in [0.15, 0.2) is 18.2 Å². The molecule has 0 bridgehead atoms. The number of hydrogen-bond donors (Lipinski definition) is 0. The summed E-state index contributed by atoms with van der Waals surface area (Å²) in [5, 5.41) is 0. The van der Waals surface area contributed by atoms with Crippen molar-refractivity contribution < 1.29 is 13.2 Å². The third-order valence-electron chi connectivity index (χ3n) is 1.88. The summed E-state index contributed by atoms with van der Waals surface area (Å²) in [6, 6.07) is 4.09. The zero-order valence-corrected chi connectivity index (χ0v) is 7.28. The molecule has 3 heteroatoms. The van der Waals surface area contributed by atoms with Gasteiger partial charge in [-0.3, -0.25) is 0 Å². The molecule has 0 fully saturated rings. The summed E-state index contributed by atoms with van der Waals surface area (Å²) in [6.07, 6.45) is -3.73. The molecule has 0 aliphatic heterocycles. The minimum atomic E-state index is -4.25. The zero-order valence-electron chi connectivity index (χ0n) is 7.28. The van der Waals surface area contributed by atoms with E-state index in [2.05, 4.69) is 6.92 Å². The molecule has 1 radical (unpaired) electrons. The first-order valence-corrected chi connectivity index (χ1v) is 3.91. The third kappa shape index (κ3) is 2.23. The van der Waals surface area contributed by atoms with Gasteiger partial charge in [0.05, 0.1) is 5.56 Å². The van der Waals surface area contributed by atoms with E-state index in [1.54, 1.807) is 0 Å². The summed E-state index contributed by atoms with van der Waals surface area (Å²) in [4.78, 5) is 0. The molecule has 0 saturated carbocycles. The Labute approximate surface area is 75.4 Å². The number of hydrogen-bond acceptors (Lipinski definition) is 0. The van der Waals surface area contributed by atoms with Crippen molar-refractivity contribution >= 4 is 0 Å². The van der Waals surface area contributed by atoms with E-state index in [1.807, 2.05) is 0 Å². The van der Waals surface area contributed by atoms with Crippen LogP contribution in [0.4, 0.5) is 13.2 Å². The molecule has 0 atom stereocenters. The van der Waals surface area contributed by atoms with Crippen LogP contribution in [0.1, 0.15) is 16.7 Å². The van der Waals surface area contributed by atoms with Gasteiger partial charge in [-0.1, -0.05) is 12.1 Å². The fraction of sp³-hybridized carbons (Fsp3) is 0.300. The summed E-state index contributed by atoms with van der Waals surface area (Å²) in [5.74, 6) is 0. The Morgan fingerprint density at radius 3 is 2.31 bits per heavy atom. The number of alkyl halides is 3. The number of aryl methyl sites for hydroxylation is 1. The van der Waals surface area contributed by atoms with Gasteiger partial charge in [0.1, 0.15) is 0 Å². The molecule has 0 amide bonds. The first-order valence-electron chi connectivity index (χ1n) is 3.91. The van der Waals surface area contributed by atoms with E-state index in [0.29, 0.717) is 6.42 Å². The first-order chi connectivity index (χ1) is 5.95.